The topological polar surface area (TPSA) is 0 Å². The minimum atomic E-state index is 0.159. The molecule has 0 aromatic carbocycles. The van der Waals surface area contributed by atoms with Crippen LogP contribution in [0.3, 0.4) is 0 Å². The van der Waals surface area contributed by atoms with Crippen LogP contribution in [0.1, 0.15) is 128 Å². The number of allylic oxidation sites excluding steroid dienone is 1. The van der Waals surface area contributed by atoms with Crippen molar-refractivity contribution in [2.24, 2.45) is 39.9 Å². The molecule has 0 bridgehead atoms. The van der Waals surface area contributed by atoms with E-state index in [1.54, 1.807) is 0 Å². The van der Waals surface area contributed by atoms with Crippen LogP contribution in [-0.2, 0) is 0 Å². The van der Waals surface area contributed by atoms with E-state index in [-0.39, 0.29) is 16.2 Å². The minimum Gasteiger partial charge on any atom is -0.130 e. The molecule has 0 heterocycles. The van der Waals surface area contributed by atoms with Gasteiger partial charge < -0.3 is 0 Å². The summed E-state index contributed by atoms with van der Waals surface area (Å²) in [4.78, 5) is 0. The van der Waals surface area contributed by atoms with Crippen molar-refractivity contribution in [2.75, 3.05) is 6.66 Å². The number of hydrogen-bond acceptors (Lipinski definition) is 1. The summed E-state index contributed by atoms with van der Waals surface area (Å²) in [5.74, 6) is 2.63. The van der Waals surface area contributed by atoms with Crippen LogP contribution >= 0.6 is 20.8 Å². The molecule has 0 N–H and O–H groups in total. The van der Waals surface area contributed by atoms with E-state index in [1.165, 1.54) is 48.9 Å². The van der Waals surface area contributed by atoms with Crippen molar-refractivity contribution in [1.82, 2.24) is 0 Å². The van der Waals surface area contributed by atoms with Crippen molar-refractivity contribution in [3.63, 3.8) is 0 Å². The molecule has 4 heteroatoms. The summed E-state index contributed by atoms with van der Waals surface area (Å²) in [6.07, 6.45) is 11.1. The zero-order valence-electron chi connectivity index (χ0n) is 27.5. The van der Waals surface area contributed by atoms with Crippen molar-refractivity contribution in [3.8, 4) is 0 Å². The summed E-state index contributed by atoms with van der Waals surface area (Å²) in [5, 5.41) is 0. The van der Waals surface area contributed by atoms with Crippen LogP contribution < -0.4 is 0 Å². The Hall–Kier alpha value is 0.390. The SMILES string of the molecule is C=C(C)CC(CC(C)CC(C)CC([B]C)PC)C(C)(C)CC(C)(C)C(CC(C)(C)C)C(=S)[B]CCCC. The first-order valence-electron chi connectivity index (χ1n) is 15.4. The molecule has 0 aliphatic rings. The van der Waals surface area contributed by atoms with Crippen LogP contribution in [-0.4, -0.2) is 31.5 Å². The number of rotatable bonds is 20. The second-order valence-corrected chi connectivity index (χ2v) is 17.0. The molecule has 2 radical (unpaired) electrons. The Morgan fingerprint density at radius 1 is 0.946 bits per heavy atom. The fraction of sp³-hybridized carbons (Fsp3) is 0.909. The molecule has 0 aliphatic heterocycles. The Kier molecular flexibility index (Phi) is 17.4. The maximum Gasteiger partial charge on any atom is 0.161 e. The summed E-state index contributed by atoms with van der Waals surface area (Å²) >= 11 is 6.13. The summed E-state index contributed by atoms with van der Waals surface area (Å²) in [6, 6.07) is 0. The third-order valence-corrected chi connectivity index (χ3v) is 10.3. The summed E-state index contributed by atoms with van der Waals surface area (Å²) in [5.41, 5.74) is 2.79. The van der Waals surface area contributed by atoms with Gasteiger partial charge in [-0.1, -0.05) is 113 Å². The van der Waals surface area contributed by atoms with Gasteiger partial charge in [0.1, 0.15) is 7.28 Å². The average molecular weight is 547 g/mol. The van der Waals surface area contributed by atoms with Crippen molar-refractivity contribution in [2.45, 2.75) is 146 Å². The Labute approximate surface area is 244 Å². The van der Waals surface area contributed by atoms with Gasteiger partial charge in [-0.3, -0.25) is 0 Å². The van der Waals surface area contributed by atoms with Gasteiger partial charge in [-0.05, 0) is 90.4 Å². The predicted octanol–water partition coefficient (Wildman–Crippen LogP) is 11.1. The highest BCUT2D eigenvalue weighted by atomic mass is 32.1. The first-order chi connectivity index (χ1) is 16.9. The first kappa shape index (κ1) is 37.4. The fourth-order valence-electron chi connectivity index (χ4n) is 6.73. The highest BCUT2D eigenvalue weighted by Crippen LogP contribution is 2.50. The van der Waals surface area contributed by atoms with Gasteiger partial charge >= 0.3 is 0 Å². The van der Waals surface area contributed by atoms with E-state index in [1.807, 2.05) is 0 Å². The minimum absolute atomic E-state index is 0.159. The van der Waals surface area contributed by atoms with E-state index in [9.17, 15) is 0 Å². The smallest absolute Gasteiger partial charge is 0.130 e. The third-order valence-electron chi connectivity index (χ3n) is 8.54. The number of hydrogen-bond donors (Lipinski definition) is 0. The molecule has 0 rings (SSSR count). The van der Waals surface area contributed by atoms with Gasteiger partial charge in [-0.2, -0.15) is 0 Å². The summed E-state index contributed by atoms with van der Waals surface area (Å²) in [6.45, 7) is 35.6. The maximum atomic E-state index is 6.13. The Morgan fingerprint density at radius 3 is 1.97 bits per heavy atom. The monoisotopic (exact) mass is 546 g/mol. The second kappa shape index (κ2) is 17.3. The molecule has 0 saturated heterocycles. The van der Waals surface area contributed by atoms with Gasteiger partial charge in [0, 0.05) is 0 Å². The standard InChI is InChI=1S/C33H65B2PS/c1-15-16-17-35-30(37)28(22-31(6,7)8)33(11,12)23-32(9,10)27(18-24(2)3)20-25(4)19-26(5)21-29(34-13)36-14/h25-29,36H,2,15-23H2,1,3-14H3. The predicted molar refractivity (Wildman–Crippen MR) is 183 cm³/mol. The van der Waals surface area contributed by atoms with E-state index in [0.29, 0.717) is 11.8 Å². The summed E-state index contributed by atoms with van der Waals surface area (Å²) in [7, 11) is 5.83. The van der Waals surface area contributed by atoms with Gasteiger partial charge in [-0.15, -0.1) is 27.4 Å². The van der Waals surface area contributed by atoms with E-state index >= 15 is 0 Å². The molecule has 0 aromatic heterocycles. The highest BCUT2D eigenvalue weighted by Gasteiger charge is 2.42. The average Bonchev–Trinajstić information content (AvgIpc) is 2.73. The Bertz CT molecular complexity index is 660. The first-order valence-corrected chi connectivity index (χ1v) is 17.3. The maximum absolute atomic E-state index is 6.13. The van der Waals surface area contributed by atoms with Crippen molar-refractivity contribution < 1.29 is 0 Å². The van der Waals surface area contributed by atoms with Crippen molar-refractivity contribution in [3.05, 3.63) is 12.2 Å². The van der Waals surface area contributed by atoms with E-state index < -0.39 is 0 Å². The van der Waals surface area contributed by atoms with Gasteiger partial charge in [0.25, 0.3) is 0 Å². The summed E-state index contributed by atoms with van der Waals surface area (Å²) < 4.78 is 1.21. The lowest BCUT2D eigenvalue weighted by Crippen LogP contribution is -2.41. The zero-order chi connectivity index (χ0) is 29.0. The van der Waals surface area contributed by atoms with Gasteiger partial charge in [0.15, 0.2) is 7.28 Å². The van der Waals surface area contributed by atoms with E-state index in [0.717, 1.165) is 45.1 Å². The number of thiocarbonyl (C=S) groups is 1. The second-order valence-electron chi connectivity index (χ2n) is 15.2. The molecule has 0 aliphatic carbocycles. The molecule has 0 aromatic rings. The van der Waals surface area contributed by atoms with Gasteiger partial charge in [0.2, 0.25) is 0 Å². The van der Waals surface area contributed by atoms with E-state index in [2.05, 4.69) is 111 Å². The van der Waals surface area contributed by atoms with Crippen LogP contribution in [0, 0.1) is 39.9 Å². The third kappa shape index (κ3) is 15.7. The molecular formula is C33H65B2PS. The Morgan fingerprint density at radius 2 is 1.51 bits per heavy atom. The molecule has 6 unspecified atom stereocenters. The normalized spacial score (nSPS) is 17.3. The lowest BCUT2D eigenvalue weighted by Gasteiger charge is -2.47. The van der Waals surface area contributed by atoms with Crippen LogP contribution in [0.15, 0.2) is 12.2 Å². The van der Waals surface area contributed by atoms with Crippen LogP contribution in [0.2, 0.25) is 13.1 Å². The molecule has 0 saturated carbocycles. The molecule has 37 heavy (non-hydrogen) atoms. The Balaban J connectivity index is 5.72. The molecular weight excluding hydrogens is 481 g/mol. The molecule has 6 atom stereocenters. The number of unbranched alkanes of at least 4 members (excludes halogenated alkanes) is 1. The molecule has 214 valence electrons. The largest absolute Gasteiger partial charge is 0.161 e. The van der Waals surface area contributed by atoms with Gasteiger partial charge in [0.05, 0.1) is 0 Å². The van der Waals surface area contributed by atoms with Gasteiger partial charge in [-0.25, -0.2) is 0 Å². The van der Waals surface area contributed by atoms with Crippen molar-refractivity contribution in [1.29, 1.82) is 0 Å². The molecule has 0 fully saturated rings. The van der Waals surface area contributed by atoms with Crippen molar-refractivity contribution >= 4 is 40.1 Å². The fourth-order valence-corrected chi connectivity index (χ4v) is 8.22. The van der Waals surface area contributed by atoms with Crippen LogP contribution in [0.4, 0.5) is 0 Å². The van der Waals surface area contributed by atoms with Crippen LogP contribution in [0.25, 0.3) is 0 Å². The molecule has 0 amide bonds. The van der Waals surface area contributed by atoms with E-state index in [4.69, 9.17) is 12.2 Å². The lowest BCUT2D eigenvalue weighted by molar-refractivity contribution is 0.0706. The van der Waals surface area contributed by atoms with Crippen LogP contribution in [0.5, 0.6) is 0 Å². The quantitative estimate of drug-likeness (QED) is 0.0481. The lowest BCUT2D eigenvalue weighted by atomic mass is 9.53. The molecule has 0 nitrogen and oxygen atoms in total. The zero-order valence-corrected chi connectivity index (χ0v) is 29.3. The molecule has 0 spiro atoms. The highest BCUT2D eigenvalue weighted by molar-refractivity contribution is 7.83.